The van der Waals surface area contributed by atoms with Gasteiger partial charge >= 0.3 is 0 Å². The maximum absolute atomic E-state index is 9.04. The van der Waals surface area contributed by atoms with Crippen LogP contribution in [0, 0.1) is 0 Å². The molecule has 2 nitrogen and oxygen atoms in total. The van der Waals surface area contributed by atoms with E-state index < -0.39 is 0 Å². The number of aromatic hydroxyl groups is 1. The first-order valence-corrected chi connectivity index (χ1v) is 7.18. The van der Waals surface area contributed by atoms with Crippen LogP contribution in [-0.2, 0) is 0 Å². The van der Waals surface area contributed by atoms with Gasteiger partial charge in [-0.15, -0.1) is 0 Å². The molecule has 2 heteroatoms. The highest BCUT2D eigenvalue weighted by molar-refractivity contribution is 5.55. The Kier molecular flexibility index (Phi) is 6.46. The average molecular weight is 296 g/mol. The second kappa shape index (κ2) is 8.08. The van der Waals surface area contributed by atoms with Crippen molar-refractivity contribution in [3.05, 3.63) is 72.8 Å². The smallest absolute Gasteiger partial charge is 0.127 e. The van der Waals surface area contributed by atoms with Crippen molar-refractivity contribution in [2.24, 2.45) is 0 Å². The summed E-state index contributed by atoms with van der Waals surface area (Å²) < 4.78 is 5.75. The SMILES string of the molecule is C=Cc1ccccc1O.C=Cc1ccccc1OC(C)(C)C. The van der Waals surface area contributed by atoms with Crippen LogP contribution in [-0.4, -0.2) is 10.7 Å². The minimum Gasteiger partial charge on any atom is -0.507 e. The van der Waals surface area contributed by atoms with Gasteiger partial charge in [0.25, 0.3) is 0 Å². The van der Waals surface area contributed by atoms with Crippen molar-refractivity contribution in [3.63, 3.8) is 0 Å². The van der Waals surface area contributed by atoms with Crippen molar-refractivity contribution in [1.29, 1.82) is 0 Å². The van der Waals surface area contributed by atoms with Gasteiger partial charge in [-0.1, -0.05) is 61.7 Å². The summed E-state index contributed by atoms with van der Waals surface area (Å²) in [6, 6.07) is 15.0. The van der Waals surface area contributed by atoms with Crippen LogP contribution in [0.25, 0.3) is 12.2 Å². The fraction of sp³-hybridized carbons (Fsp3) is 0.200. The first kappa shape index (κ1) is 17.6. The van der Waals surface area contributed by atoms with E-state index in [9.17, 15) is 0 Å². The molecule has 116 valence electrons. The molecule has 1 N–H and O–H groups in total. The molecular weight excluding hydrogens is 272 g/mol. The molecular formula is C20H24O2. The summed E-state index contributed by atoms with van der Waals surface area (Å²) in [6.07, 6.45) is 3.43. The summed E-state index contributed by atoms with van der Waals surface area (Å²) in [5.74, 6) is 1.18. The van der Waals surface area contributed by atoms with E-state index in [1.807, 2.05) is 57.2 Å². The highest BCUT2D eigenvalue weighted by Gasteiger charge is 2.12. The number of rotatable bonds is 3. The van der Waals surface area contributed by atoms with E-state index in [2.05, 4.69) is 13.2 Å². The molecule has 0 fully saturated rings. The number of phenols is 1. The summed E-state index contributed by atoms with van der Waals surface area (Å²) >= 11 is 0. The van der Waals surface area contributed by atoms with Crippen molar-refractivity contribution in [1.82, 2.24) is 0 Å². The van der Waals surface area contributed by atoms with E-state index in [0.29, 0.717) is 0 Å². The highest BCUT2D eigenvalue weighted by Crippen LogP contribution is 2.23. The van der Waals surface area contributed by atoms with Gasteiger partial charge in [0, 0.05) is 11.1 Å². The van der Waals surface area contributed by atoms with Crippen molar-refractivity contribution in [3.8, 4) is 11.5 Å². The molecule has 0 spiro atoms. The third-order valence-electron chi connectivity index (χ3n) is 2.71. The minimum atomic E-state index is -0.154. The Morgan fingerprint density at radius 3 is 1.82 bits per heavy atom. The first-order valence-electron chi connectivity index (χ1n) is 7.18. The molecule has 2 rings (SSSR count). The van der Waals surface area contributed by atoms with Crippen molar-refractivity contribution in [2.45, 2.75) is 26.4 Å². The quantitative estimate of drug-likeness (QED) is 0.805. The predicted molar refractivity (Wildman–Crippen MR) is 95.1 cm³/mol. The second-order valence-corrected chi connectivity index (χ2v) is 5.72. The number of ether oxygens (including phenoxy) is 1. The molecule has 2 aromatic carbocycles. The van der Waals surface area contributed by atoms with Crippen LogP contribution in [0.4, 0.5) is 0 Å². The van der Waals surface area contributed by atoms with Crippen molar-refractivity contribution >= 4 is 12.2 Å². The van der Waals surface area contributed by atoms with E-state index >= 15 is 0 Å². The maximum atomic E-state index is 9.04. The molecule has 0 atom stereocenters. The fourth-order valence-electron chi connectivity index (χ4n) is 1.73. The van der Waals surface area contributed by atoms with Gasteiger partial charge in [0.05, 0.1) is 0 Å². The van der Waals surface area contributed by atoms with Gasteiger partial charge < -0.3 is 9.84 Å². The Bertz CT molecular complexity index is 622. The average Bonchev–Trinajstić information content (AvgIpc) is 2.47. The maximum Gasteiger partial charge on any atom is 0.127 e. The van der Waals surface area contributed by atoms with Gasteiger partial charge in [0.2, 0.25) is 0 Å². The Labute approximate surface area is 133 Å². The van der Waals surface area contributed by atoms with E-state index in [4.69, 9.17) is 9.84 Å². The normalized spacial score (nSPS) is 10.1. The zero-order valence-corrected chi connectivity index (χ0v) is 13.5. The summed E-state index contributed by atoms with van der Waals surface area (Å²) in [5, 5.41) is 9.04. The zero-order valence-electron chi connectivity index (χ0n) is 13.5. The van der Waals surface area contributed by atoms with E-state index in [0.717, 1.165) is 16.9 Å². The topological polar surface area (TPSA) is 29.5 Å². The first-order chi connectivity index (χ1) is 10.4. The van der Waals surface area contributed by atoms with Gasteiger partial charge in [-0.3, -0.25) is 0 Å². The van der Waals surface area contributed by atoms with Crippen LogP contribution in [0.1, 0.15) is 31.9 Å². The number of para-hydroxylation sites is 2. The molecule has 0 saturated heterocycles. The Morgan fingerprint density at radius 1 is 0.864 bits per heavy atom. The fourth-order valence-corrected chi connectivity index (χ4v) is 1.73. The number of phenolic OH excluding ortho intramolecular Hbond substituents is 1. The third-order valence-corrected chi connectivity index (χ3v) is 2.71. The summed E-state index contributed by atoms with van der Waals surface area (Å²) in [4.78, 5) is 0. The number of benzene rings is 2. The van der Waals surface area contributed by atoms with Crippen molar-refractivity contribution < 1.29 is 9.84 Å². The molecule has 0 saturated carbocycles. The van der Waals surface area contributed by atoms with Crippen LogP contribution < -0.4 is 4.74 Å². The lowest BCUT2D eigenvalue weighted by molar-refractivity contribution is 0.130. The lowest BCUT2D eigenvalue weighted by Gasteiger charge is -2.22. The Hall–Kier alpha value is -2.48. The molecule has 0 aliphatic carbocycles. The van der Waals surface area contributed by atoms with Gasteiger partial charge in [0.1, 0.15) is 17.1 Å². The van der Waals surface area contributed by atoms with Crippen molar-refractivity contribution in [2.75, 3.05) is 0 Å². The van der Waals surface area contributed by atoms with Crippen LogP contribution in [0.15, 0.2) is 61.7 Å². The predicted octanol–water partition coefficient (Wildman–Crippen LogP) is 5.54. The lowest BCUT2D eigenvalue weighted by Crippen LogP contribution is -2.23. The second-order valence-electron chi connectivity index (χ2n) is 5.72. The Morgan fingerprint density at radius 2 is 1.36 bits per heavy atom. The standard InChI is InChI=1S/C12H16O.C8H8O/c1-5-10-8-6-7-9-11(10)13-12(2,3)4;1-2-7-5-3-4-6-8(7)9/h5-9H,1H2,2-4H3;2-6,9H,1H2. The number of hydrogen-bond donors (Lipinski definition) is 1. The van der Waals surface area contributed by atoms with Crippen LogP contribution in [0.2, 0.25) is 0 Å². The van der Waals surface area contributed by atoms with Gasteiger partial charge in [0.15, 0.2) is 0 Å². The molecule has 0 unspecified atom stereocenters. The third kappa shape index (κ3) is 5.88. The molecule has 0 aromatic heterocycles. The van der Waals surface area contributed by atoms with E-state index in [-0.39, 0.29) is 11.4 Å². The molecule has 0 aliphatic rings. The van der Waals surface area contributed by atoms with E-state index in [1.54, 1.807) is 24.3 Å². The monoisotopic (exact) mass is 296 g/mol. The lowest BCUT2D eigenvalue weighted by atomic mass is 10.1. The molecule has 0 amide bonds. The van der Waals surface area contributed by atoms with Crippen LogP contribution >= 0.6 is 0 Å². The molecule has 2 aromatic rings. The molecule has 0 aliphatic heterocycles. The number of hydrogen-bond acceptors (Lipinski definition) is 2. The largest absolute Gasteiger partial charge is 0.507 e. The Balaban J connectivity index is 0.000000235. The minimum absolute atomic E-state index is 0.154. The van der Waals surface area contributed by atoms with Crippen LogP contribution in [0.5, 0.6) is 11.5 Å². The summed E-state index contributed by atoms with van der Waals surface area (Å²) in [7, 11) is 0. The van der Waals surface area contributed by atoms with Gasteiger partial charge in [-0.25, -0.2) is 0 Å². The highest BCUT2D eigenvalue weighted by atomic mass is 16.5. The molecule has 0 radical (unpaired) electrons. The van der Waals surface area contributed by atoms with Crippen LogP contribution in [0.3, 0.4) is 0 Å². The van der Waals surface area contributed by atoms with Gasteiger partial charge in [-0.05, 0) is 32.9 Å². The summed E-state index contributed by atoms with van der Waals surface area (Å²) in [5.41, 5.74) is 1.66. The zero-order chi connectivity index (χ0) is 16.6. The van der Waals surface area contributed by atoms with Gasteiger partial charge in [-0.2, -0.15) is 0 Å². The molecule has 0 bridgehead atoms. The summed E-state index contributed by atoms with van der Waals surface area (Å²) in [6.45, 7) is 13.4. The molecule has 0 heterocycles. The van der Waals surface area contributed by atoms with E-state index in [1.165, 1.54) is 0 Å². The molecule has 22 heavy (non-hydrogen) atoms.